The minimum absolute atomic E-state index is 0.0686. The SMILES string of the molecule is CCCNC(c1ccccc1)C(CC)S(=O)(=O)CCOC. The van der Waals surface area contributed by atoms with E-state index in [0.717, 1.165) is 18.5 Å². The van der Waals surface area contributed by atoms with Crippen LogP contribution in [0.1, 0.15) is 38.3 Å². The Hall–Kier alpha value is -0.910. The van der Waals surface area contributed by atoms with E-state index in [-0.39, 0.29) is 18.4 Å². The fourth-order valence-corrected chi connectivity index (χ4v) is 4.35. The highest BCUT2D eigenvalue weighted by molar-refractivity contribution is 7.92. The number of benzene rings is 1. The van der Waals surface area contributed by atoms with Gasteiger partial charge in [-0.3, -0.25) is 0 Å². The number of hydrogen-bond acceptors (Lipinski definition) is 4. The average Bonchev–Trinajstić information content (AvgIpc) is 2.50. The van der Waals surface area contributed by atoms with E-state index in [1.165, 1.54) is 7.11 Å². The van der Waals surface area contributed by atoms with Gasteiger partial charge in [0, 0.05) is 13.2 Å². The molecule has 21 heavy (non-hydrogen) atoms. The Balaban J connectivity index is 3.03. The fraction of sp³-hybridized carbons (Fsp3) is 0.625. The normalized spacial score (nSPS) is 14.8. The molecular formula is C16H27NO3S. The second kappa shape index (κ2) is 9.18. The minimum Gasteiger partial charge on any atom is -0.384 e. The summed E-state index contributed by atoms with van der Waals surface area (Å²) in [6.45, 7) is 5.05. The van der Waals surface area contributed by atoms with Crippen LogP contribution in [-0.2, 0) is 14.6 Å². The van der Waals surface area contributed by atoms with Gasteiger partial charge in [-0.15, -0.1) is 0 Å². The molecule has 0 aliphatic rings. The summed E-state index contributed by atoms with van der Waals surface area (Å²) < 4.78 is 30.1. The lowest BCUT2D eigenvalue weighted by Gasteiger charge is -2.27. The number of rotatable bonds is 10. The molecule has 0 aliphatic carbocycles. The number of methoxy groups -OCH3 is 1. The minimum atomic E-state index is -3.20. The molecule has 0 amide bonds. The van der Waals surface area contributed by atoms with Crippen molar-refractivity contribution in [3.63, 3.8) is 0 Å². The summed E-state index contributed by atoms with van der Waals surface area (Å²) in [5.74, 6) is 0.0686. The molecule has 2 unspecified atom stereocenters. The van der Waals surface area contributed by atoms with Gasteiger partial charge in [0.15, 0.2) is 9.84 Å². The Morgan fingerprint density at radius 3 is 2.38 bits per heavy atom. The van der Waals surface area contributed by atoms with Crippen molar-refractivity contribution in [2.24, 2.45) is 0 Å². The van der Waals surface area contributed by atoms with Gasteiger partial charge < -0.3 is 10.1 Å². The van der Waals surface area contributed by atoms with Crippen molar-refractivity contribution in [3.8, 4) is 0 Å². The van der Waals surface area contributed by atoms with Crippen LogP contribution in [-0.4, -0.2) is 39.7 Å². The van der Waals surface area contributed by atoms with Crippen molar-refractivity contribution < 1.29 is 13.2 Å². The highest BCUT2D eigenvalue weighted by Gasteiger charge is 2.32. The van der Waals surface area contributed by atoms with Gasteiger partial charge in [0.25, 0.3) is 0 Å². The Kier molecular flexibility index (Phi) is 7.93. The molecular weight excluding hydrogens is 286 g/mol. The van der Waals surface area contributed by atoms with Crippen LogP contribution in [0.15, 0.2) is 30.3 Å². The van der Waals surface area contributed by atoms with Crippen LogP contribution in [0.5, 0.6) is 0 Å². The fourth-order valence-electron chi connectivity index (χ4n) is 2.47. The van der Waals surface area contributed by atoms with Crippen molar-refractivity contribution in [1.82, 2.24) is 5.32 Å². The Morgan fingerprint density at radius 1 is 1.19 bits per heavy atom. The van der Waals surface area contributed by atoms with E-state index < -0.39 is 15.1 Å². The van der Waals surface area contributed by atoms with Crippen molar-refractivity contribution in [3.05, 3.63) is 35.9 Å². The predicted molar refractivity (Wildman–Crippen MR) is 87.2 cm³/mol. The van der Waals surface area contributed by atoms with Crippen LogP contribution in [0.25, 0.3) is 0 Å². The average molecular weight is 313 g/mol. The van der Waals surface area contributed by atoms with Crippen molar-refractivity contribution in [2.45, 2.75) is 38.0 Å². The predicted octanol–water partition coefficient (Wildman–Crippen LogP) is 2.57. The highest BCUT2D eigenvalue weighted by atomic mass is 32.2. The molecule has 120 valence electrons. The summed E-state index contributed by atoms with van der Waals surface area (Å²) in [5.41, 5.74) is 1.03. The third-order valence-corrected chi connectivity index (χ3v) is 5.84. The summed E-state index contributed by atoms with van der Waals surface area (Å²) >= 11 is 0. The second-order valence-corrected chi connectivity index (χ2v) is 7.49. The zero-order chi connectivity index (χ0) is 15.7. The van der Waals surface area contributed by atoms with E-state index in [4.69, 9.17) is 4.74 Å². The van der Waals surface area contributed by atoms with Crippen LogP contribution in [0, 0.1) is 0 Å². The Bertz CT molecular complexity index is 488. The van der Waals surface area contributed by atoms with Crippen molar-refractivity contribution >= 4 is 9.84 Å². The Labute approximate surface area is 128 Å². The van der Waals surface area contributed by atoms with Gasteiger partial charge in [0.1, 0.15) is 0 Å². The maximum absolute atomic E-state index is 12.6. The lowest BCUT2D eigenvalue weighted by atomic mass is 10.0. The molecule has 4 nitrogen and oxygen atoms in total. The highest BCUT2D eigenvalue weighted by Crippen LogP contribution is 2.25. The summed E-state index contributed by atoms with van der Waals surface area (Å²) in [5, 5.41) is 2.97. The zero-order valence-electron chi connectivity index (χ0n) is 13.2. The maximum atomic E-state index is 12.6. The maximum Gasteiger partial charge on any atom is 0.157 e. The number of sulfone groups is 1. The summed E-state index contributed by atoms with van der Waals surface area (Å²) in [4.78, 5) is 0. The molecule has 0 saturated heterocycles. The molecule has 5 heteroatoms. The van der Waals surface area contributed by atoms with E-state index in [9.17, 15) is 8.42 Å². The first kappa shape index (κ1) is 18.1. The first-order valence-corrected chi connectivity index (χ1v) is 9.27. The molecule has 2 atom stereocenters. The lowest BCUT2D eigenvalue weighted by molar-refractivity contribution is 0.216. The summed E-state index contributed by atoms with van der Waals surface area (Å²) in [6, 6.07) is 9.65. The van der Waals surface area contributed by atoms with Crippen LogP contribution in [0.4, 0.5) is 0 Å². The van der Waals surface area contributed by atoms with Gasteiger partial charge in [0.2, 0.25) is 0 Å². The molecule has 0 saturated carbocycles. The molecule has 1 rings (SSSR count). The molecule has 1 aromatic rings. The Morgan fingerprint density at radius 2 is 1.86 bits per heavy atom. The van der Waals surface area contributed by atoms with Gasteiger partial charge in [-0.05, 0) is 24.9 Å². The molecule has 1 N–H and O–H groups in total. The topological polar surface area (TPSA) is 55.4 Å². The molecule has 1 aromatic carbocycles. The standard InChI is InChI=1S/C16H27NO3S/c1-4-11-17-16(14-9-7-6-8-10-14)15(5-2)21(18,19)13-12-20-3/h6-10,15-17H,4-5,11-13H2,1-3H3. The lowest BCUT2D eigenvalue weighted by Crippen LogP contribution is -2.39. The van der Waals surface area contributed by atoms with E-state index in [0.29, 0.717) is 6.42 Å². The van der Waals surface area contributed by atoms with Crippen molar-refractivity contribution in [2.75, 3.05) is 26.0 Å². The van der Waals surface area contributed by atoms with Crippen LogP contribution < -0.4 is 5.32 Å². The summed E-state index contributed by atoms with van der Waals surface area (Å²) in [7, 11) is -1.67. The van der Waals surface area contributed by atoms with E-state index >= 15 is 0 Å². The van der Waals surface area contributed by atoms with Gasteiger partial charge in [0.05, 0.1) is 17.6 Å². The third kappa shape index (κ3) is 5.41. The monoisotopic (exact) mass is 313 g/mol. The number of ether oxygens (including phenoxy) is 1. The molecule has 0 aliphatic heterocycles. The van der Waals surface area contributed by atoms with Crippen LogP contribution in [0.3, 0.4) is 0 Å². The molecule has 0 spiro atoms. The van der Waals surface area contributed by atoms with Gasteiger partial charge in [-0.1, -0.05) is 44.2 Å². The second-order valence-electron chi connectivity index (χ2n) is 5.15. The van der Waals surface area contributed by atoms with E-state index in [1.54, 1.807) is 0 Å². The first-order chi connectivity index (χ1) is 10.1. The molecule has 0 radical (unpaired) electrons. The molecule has 0 aromatic heterocycles. The molecule has 0 bridgehead atoms. The van der Waals surface area contributed by atoms with Crippen LogP contribution in [0.2, 0.25) is 0 Å². The third-order valence-electron chi connectivity index (χ3n) is 3.58. The molecule has 0 fully saturated rings. The number of hydrogen-bond donors (Lipinski definition) is 1. The van der Waals surface area contributed by atoms with Gasteiger partial charge in [-0.2, -0.15) is 0 Å². The van der Waals surface area contributed by atoms with E-state index in [1.807, 2.05) is 37.3 Å². The largest absolute Gasteiger partial charge is 0.384 e. The van der Waals surface area contributed by atoms with Crippen LogP contribution >= 0.6 is 0 Å². The summed E-state index contributed by atoms with van der Waals surface area (Å²) in [6.07, 6.45) is 1.56. The van der Waals surface area contributed by atoms with Gasteiger partial charge >= 0.3 is 0 Å². The van der Waals surface area contributed by atoms with Gasteiger partial charge in [-0.25, -0.2) is 8.42 Å². The quantitative estimate of drug-likeness (QED) is 0.721. The zero-order valence-corrected chi connectivity index (χ0v) is 14.0. The smallest absolute Gasteiger partial charge is 0.157 e. The molecule has 0 heterocycles. The number of nitrogens with one attached hydrogen (secondary N) is 1. The van der Waals surface area contributed by atoms with Crippen molar-refractivity contribution in [1.29, 1.82) is 0 Å². The van der Waals surface area contributed by atoms with E-state index in [2.05, 4.69) is 12.2 Å². The first-order valence-electron chi connectivity index (χ1n) is 7.55.